The van der Waals surface area contributed by atoms with E-state index < -0.39 is 0 Å². The van der Waals surface area contributed by atoms with Crippen molar-refractivity contribution in [2.45, 2.75) is 26.7 Å². The molecular weight excluding hydrogens is 210 g/mol. The summed E-state index contributed by atoms with van der Waals surface area (Å²) in [5.74, 6) is 1.85. The molecule has 1 aliphatic heterocycles. The van der Waals surface area contributed by atoms with Gasteiger partial charge in [0.25, 0.3) is 0 Å². The summed E-state index contributed by atoms with van der Waals surface area (Å²) in [6.07, 6.45) is 4.48. The van der Waals surface area contributed by atoms with Crippen LogP contribution in [0.1, 0.15) is 25.3 Å². The zero-order valence-corrected chi connectivity index (χ0v) is 10.9. The third-order valence-corrected chi connectivity index (χ3v) is 3.72. The van der Waals surface area contributed by atoms with Crippen molar-refractivity contribution in [3.05, 3.63) is 23.9 Å². The number of hydrogen-bond acceptors (Lipinski definition) is 3. The van der Waals surface area contributed by atoms with Crippen LogP contribution in [0.15, 0.2) is 18.3 Å². The molecule has 0 amide bonds. The lowest BCUT2D eigenvalue weighted by atomic mass is 9.97. The monoisotopic (exact) mass is 233 g/mol. The lowest BCUT2D eigenvalue weighted by Gasteiger charge is -2.31. The maximum absolute atomic E-state index is 4.37. The summed E-state index contributed by atoms with van der Waals surface area (Å²) >= 11 is 0. The van der Waals surface area contributed by atoms with E-state index >= 15 is 0 Å². The van der Waals surface area contributed by atoms with Crippen molar-refractivity contribution in [1.82, 2.24) is 9.88 Å². The number of likely N-dealkylation sites (tertiary alicyclic amines) is 1. The van der Waals surface area contributed by atoms with Crippen molar-refractivity contribution < 1.29 is 0 Å². The summed E-state index contributed by atoms with van der Waals surface area (Å²) < 4.78 is 0. The van der Waals surface area contributed by atoms with Crippen LogP contribution in [0.25, 0.3) is 0 Å². The number of nitrogens with zero attached hydrogens (tertiary/aromatic N) is 2. The van der Waals surface area contributed by atoms with Gasteiger partial charge in [-0.3, -0.25) is 0 Å². The minimum Gasteiger partial charge on any atom is -0.370 e. The van der Waals surface area contributed by atoms with Gasteiger partial charge in [0.05, 0.1) is 0 Å². The van der Waals surface area contributed by atoms with Gasteiger partial charge in [0, 0.05) is 12.7 Å². The Morgan fingerprint density at radius 1 is 1.41 bits per heavy atom. The van der Waals surface area contributed by atoms with Crippen LogP contribution in [0.4, 0.5) is 5.82 Å². The SMILES string of the molecule is CCN1CCC(CNc2ncccc2C)CC1. The Morgan fingerprint density at radius 2 is 2.18 bits per heavy atom. The van der Waals surface area contributed by atoms with Gasteiger partial charge in [0.2, 0.25) is 0 Å². The lowest BCUT2D eigenvalue weighted by Crippen LogP contribution is -2.35. The highest BCUT2D eigenvalue weighted by Gasteiger charge is 2.17. The average Bonchev–Trinajstić information content (AvgIpc) is 2.38. The van der Waals surface area contributed by atoms with Crippen LogP contribution in [0.5, 0.6) is 0 Å². The van der Waals surface area contributed by atoms with Crippen molar-refractivity contribution in [2.24, 2.45) is 5.92 Å². The Kier molecular flexibility index (Phi) is 4.37. The molecule has 0 unspecified atom stereocenters. The predicted molar refractivity (Wildman–Crippen MR) is 72.3 cm³/mol. The molecule has 1 saturated heterocycles. The molecule has 0 aromatic carbocycles. The second-order valence-electron chi connectivity index (χ2n) is 4.93. The van der Waals surface area contributed by atoms with Crippen LogP contribution in [-0.2, 0) is 0 Å². The second-order valence-corrected chi connectivity index (χ2v) is 4.93. The van der Waals surface area contributed by atoms with Gasteiger partial charge in [-0.05, 0) is 56.9 Å². The fourth-order valence-corrected chi connectivity index (χ4v) is 2.42. The number of aryl methyl sites for hydroxylation is 1. The van der Waals surface area contributed by atoms with Gasteiger partial charge in [-0.1, -0.05) is 13.0 Å². The Labute approximate surface area is 104 Å². The molecule has 0 atom stereocenters. The van der Waals surface area contributed by atoms with E-state index in [0.717, 1.165) is 18.3 Å². The number of anilines is 1. The van der Waals surface area contributed by atoms with Gasteiger partial charge >= 0.3 is 0 Å². The van der Waals surface area contributed by atoms with E-state index in [-0.39, 0.29) is 0 Å². The van der Waals surface area contributed by atoms with Gasteiger partial charge in [-0.25, -0.2) is 4.98 Å². The highest BCUT2D eigenvalue weighted by atomic mass is 15.1. The molecule has 2 heterocycles. The molecule has 3 heteroatoms. The normalized spacial score (nSPS) is 18.2. The second kappa shape index (κ2) is 6.01. The molecule has 3 nitrogen and oxygen atoms in total. The standard InChI is InChI=1S/C14H23N3/c1-3-17-9-6-13(7-10-17)11-16-14-12(2)5-4-8-15-14/h4-5,8,13H,3,6-7,9-11H2,1-2H3,(H,15,16). The van der Waals surface area contributed by atoms with Gasteiger partial charge in [0.1, 0.15) is 5.82 Å². The van der Waals surface area contributed by atoms with Crippen LogP contribution >= 0.6 is 0 Å². The molecule has 1 aromatic rings. The average molecular weight is 233 g/mol. The predicted octanol–water partition coefficient (Wildman–Crippen LogP) is 2.53. The molecule has 0 spiro atoms. The number of piperidine rings is 1. The van der Waals surface area contributed by atoms with Crippen LogP contribution in [0.2, 0.25) is 0 Å². The summed E-state index contributed by atoms with van der Waals surface area (Å²) in [5.41, 5.74) is 1.23. The van der Waals surface area contributed by atoms with E-state index in [4.69, 9.17) is 0 Å². The summed E-state index contributed by atoms with van der Waals surface area (Å²) in [6.45, 7) is 9.12. The zero-order chi connectivity index (χ0) is 12.1. The highest BCUT2D eigenvalue weighted by molar-refractivity contribution is 5.42. The molecule has 1 aliphatic rings. The first kappa shape index (κ1) is 12.4. The molecule has 0 radical (unpaired) electrons. The Bertz CT molecular complexity index is 343. The summed E-state index contributed by atoms with van der Waals surface area (Å²) in [6, 6.07) is 4.09. The first-order valence-corrected chi connectivity index (χ1v) is 6.67. The van der Waals surface area contributed by atoms with Crippen LogP contribution in [-0.4, -0.2) is 36.1 Å². The minimum absolute atomic E-state index is 0.805. The van der Waals surface area contributed by atoms with E-state index in [9.17, 15) is 0 Å². The molecule has 0 saturated carbocycles. The quantitative estimate of drug-likeness (QED) is 0.866. The number of hydrogen-bond donors (Lipinski definition) is 1. The number of pyridine rings is 1. The van der Waals surface area contributed by atoms with Crippen molar-refractivity contribution in [3.63, 3.8) is 0 Å². The molecule has 0 bridgehead atoms. The third-order valence-electron chi connectivity index (χ3n) is 3.72. The van der Waals surface area contributed by atoms with Crippen molar-refractivity contribution in [2.75, 3.05) is 31.5 Å². The lowest BCUT2D eigenvalue weighted by molar-refractivity contribution is 0.198. The summed E-state index contributed by atoms with van der Waals surface area (Å²) in [4.78, 5) is 6.90. The van der Waals surface area contributed by atoms with Gasteiger partial charge < -0.3 is 10.2 Å². The topological polar surface area (TPSA) is 28.2 Å². The van der Waals surface area contributed by atoms with E-state index in [2.05, 4.69) is 35.1 Å². The molecule has 17 heavy (non-hydrogen) atoms. The van der Waals surface area contributed by atoms with E-state index in [1.165, 1.54) is 38.0 Å². The van der Waals surface area contributed by atoms with Crippen molar-refractivity contribution >= 4 is 5.82 Å². The maximum Gasteiger partial charge on any atom is 0.128 e. The molecule has 1 aromatic heterocycles. The fraction of sp³-hybridized carbons (Fsp3) is 0.643. The molecule has 2 rings (SSSR count). The van der Waals surface area contributed by atoms with Gasteiger partial charge in [0.15, 0.2) is 0 Å². The number of rotatable bonds is 4. The van der Waals surface area contributed by atoms with Crippen LogP contribution in [0, 0.1) is 12.8 Å². The fourth-order valence-electron chi connectivity index (χ4n) is 2.42. The van der Waals surface area contributed by atoms with Crippen molar-refractivity contribution in [3.8, 4) is 0 Å². The van der Waals surface area contributed by atoms with Gasteiger partial charge in [-0.2, -0.15) is 0 Å². The third kappa shape index (κ3) is 3.43. The van der Waals surface area contributed by atoms with Crippen LogP contribution < -0.4 is 5.32 Å². The Morgan fingerprint density at radius 3 is 2.82 bits per heavy atom. The number of aromatic nitrogens is 1. The summed E-state index contributed by atoms with van der Waals surface area (Å²) in [7, 11) is 0. The van der Waals surface area contributed by atoms with E-state index in [0.29, 0.717) is 0 Å². The molecular formula is C14H23N3. The smallest absolute Gasteiger partial charge is 0.128 e. The van der Waals surface area contributed by atoms with Crippen molar-refractivity contribution in [1.29, 1.82) is 0 Å². The summed E-state index contributed by atoms with van der Waals surface area (Å²) in [5, 5.41) is 3.49. The van der Waals surface area contributed by atoms with Gasteiger partial charge in [-0.15, -0.1) is 0 Å². The van der Waals surface area contributed by atoms with E-state index in [1.807, 2.05) is 12.3 Å². The molecule has 94 valence electrons. The Hall–Kier alpha value is -1.09. The largest absolute Gasteiger partial charge is 0.370 e. The first-order chi connectivity index (χ1) is 8.29. The van der Waals surface area contributed by atoms with Crippen LogP contribution in [0.3, 0.4) is 0 Å². The molecule has 1 N–H and O–H groups in total. The maximum atomic E-state index is 4.37. The molecule has 0 aliphatic carbocycles. The first-order valence-electron chi connectivity index (χ1n) is 6.67. The van der Waals surface area contributed by atoms with E-state index in [1.54, 1.807) is 0 Å². The number of nitrogens with one attached hydrogen (secondary N) is 1. The highest BCUT2D eigenvalue weighted by Crippen LogP contribution is 2.18. The zero-order valence-electron chi connectivity index (χ0n) is 10.9. The molecule has 1 fully saturated rings. The minimum atomic E-state index is 0.805. The Balaban J connectivity index is 1.78.